The monoisotopic (exact) mass is 320 g/mol. The standard InChI is InChI=1S/C22H24S/c1-5-7-8-12-20-14-19(16-23-20)15-22(17(3)6-2)21-13-10-9-11-18(21)4/h5-15H,2,16H2,1,3-4H3/b7-5-,12-8-,19-15-,22-17+. The fourth-order valence-electron chi connectivity index (χ4n) is 2.45. The number of benzene rings is 1. The third-order valence-electron chi connectivity index (χ3n) is 3.79. The Bertz CT molecular complexity index is 724. The number of hydrogen-bond donors (Lipinski definition) is 0. The average Bonchev–Trinajstić information content (AvgIpc) is 3.00. The lowest BCUT2D eigenvalue weighted by Gasteiger charge is -2.10. The highest BCUT2D eigenvalue weighted by molar-refractivity contribution is 8.03. The van der Waals surface area contributed by atoms with Gasteiger partial charge in [-0.15, -0.1) is 11.8 Å². The van der Waals surface area contributed by atoms with Gasteiger partial charge >= 0.3 is 0 Å². The maximum atomic E-state index is 3.95. The summed E-state index contributed by atoms with van der Waals surface area (Å²) >= 11 is 1.89. The molecule has 0 aliphatic carbocycles. The fraction of sp³-hybridized carbons (Fsp3) is 0.182. The molecule has 1 heteroatoms. The third kappa shape index (κ3) is 4.74. The molecular formula is C22H24S. The van der Waals surface area contributed by atoms with Crippen molar-refractivity contribution in [2.45, 2.75) is 20.8 Å². The first-order valence-electron chi connectivity index (χ1n) is 7.89. The molecule has 1 aliphatic heterocycles. The SMILES string of the molecule is C=C/C(C)=C(\C=C1C=C(/C=C\C=C/C)SC\1)c1ccccc1C. The lowest BCUT2D eigenvalue weighted by Crippen LogP contribution is -1.91. The van der Waals surface area contributed by atoms with Crippen LogP contribution in [0.1, 0.15) is 25.0 Å². The second kappa shape index (κ2) is 8.59. The summed E-state index contributed by atoms with van der Waals surface area (Å²) in [7, 11) is 0. The van der Waals surface area contributed by atoms with Crippen LogP contribution >= 0.6 is 11.8 Å². The lowest BCUT2D eigenvalue weighted by molar-refractivity contribution is 1.40. The predicted molar refractivity (Wildman–Crippen MR) is 107 cm³/mol. The molecule has 2 rings (SSSR count). The van der Waals surface area contributed by atoms with Crippen molar-refractivity contribution in [3.8, 4) is 0 Å². The van der Waals surface area contributed by atoms with Gasteiger partial charge in [0.2, 0.25) is 0 Å². The first kappa shape index (κ1) is 17.4. The smallest absolute Gasteiger partial charge is 0.0232 e. The summed E-state index contributed by atoms with van der Waals surface area (Å²) in [5.74, 6) is 1.02. The molecule has 0 radical (unpaired) electrons. The van der Waals surface area contributed by atoms with E-state index >= 15 is 0 Å². The molecule has 0 saturated carbocycles. The van der Waals surface area contributed by atoms with E-state index in [9.17, 15) is 0 Å². The van der Waals surface area contributed by atoms with Crippen LogP contribution in [0.3, 0.4) is 0 Å². The van der Waals surface area contributed by atoms with Crippen LogP contribution in [0.4, 0.5) is 0 Å². The molecule has 0 amide bonds. The minimum Gasteiger partial charge on any atom is -0.121 e. The summed E-state index contributed by atoms with van der Waals surface area (Å²) in [6.45, 7) is 10.3. The van der Waals surface area contributed by atoms with E-state index in [1.807, 2.05) is 30.8 Å². The third-order valence-corrected chi connectivity index (χ3v) is 4.86. The van der Waals surface area contributed by atoms with Crippen molar-refractivity contribution in [1.29, 1.82) is 0 Å². The van der Waals surface area contributed by atoms with E-state index in [2.05, 4.69) is 75.1 Å². The van der Waals surface area contributed by atoms with Crippen LogP contribution in [0.15, 0.2) is 89.4 Å². The van der Waals surface area contributed by atoms with Crippen molar-refractivity contribution >= 4 is 17.3 Å². The molecule has 118 valence electrons. The van der Waals surface area contributed by atoms with Gasteiger partial charge in [0.05, 0.1) is 0 Å². The van der Waals surface area contributed by atoms with Gasteiger partial charge in [-0.3, -0.25) is 0 Å². The molecule has 0 bridgehead atoms. The molecule has 1 aromatic carbocycles. The normalized spacial score (nSPS) is 17.9. The molecule has 1 heterocycles. The minimum atomic E-state index is 1.02. The molecule has 1 aromatic rings. The van der Waals surface area contributed by atoms with E-state index in [-0.39, 0.29) is 0 Å². The Kier molecular flexibility index (Phi) is 6.49. The lowest BCUT2D eigenvalue weighted by atomic mass is 9.95. The Hall–Kier alpha value is -1.99. The maximum Gasteiger partial charge on any atom is 0.0232 e. The highest BCUT2D eigenvalue weighted by atomic mass is 32.2. The number of rotatable bonds is 5. The van der Waals surface area contributed by atoms with Gasteiger partial charge in [-0.2, -0.15) is 0 Å². The second-order valence-electron chi connectivity index (χ2n) is 5.56. The quantitative estimate of drug-likeness (QED) is 0.548. The zero-order valence-corrected chi connectivity index (χ0v) is 15.0. The average molecular weight is 321 g/mol. The van der Waals surface area contributed by atoms with Gasteiger partial charge in [0.25, 0.3) is 0 Å². The molecule has 0 unspecified atom stereocenters. The van der Waals surface area contributed by atoms with Crippen LogP contribution in [-0.4, -0.2) is 5.75 Å². The molecule has 0 atom stereocenters. The number of aryl methyl sites for hydroxylation is 1. The van der Waals surface area contributed by atoms with Crippen LogP contribution in [-0.2, 0) is 0 Å². The van der Waals surface area contributed by atoms with E-state index in [1.165, 1.54) is 32.8 Å². The largest absolute Gasteiger partial charge is 0.121 e. The zero-order valence-electron chi connectivity index (χ0n) is 14.2. The van der Waals surface area contributed by atoms with Gasteiger partial charge in [-0.25, -0.2) is 0 Å². The highest BCUT2D eigenvalue weighted by Crippen LogP contribution is 2.33. The summed E-state index contributed by atoms with van der Waals surface area (Å²) in [6, 6.07) is 8.53. The number of thioether (sulfide) groups is 1. The Morgan fingerprint density at radius 3 is 2.70 bits per heavy atom. The molecular weight excluding hydrogens is 296 g/mol. The van der Waals surface area contributed by atoms with Gasteiger partial charge in [0.1, 0.15) is 0 Å². The maximum absolute atomic E-state index is 3.95. The van der Waals surface area contributed by atoms with Crippen LogP contribution in [0, 0.1) is 6.92 Å². The topological polar surface area (TPSA) is 0 Å². The summed E-state index contributed by atoms with van der Waals surface area (Å²) in [5.41, 5.74) is 6.42. The number of allylic oxidation sites excluding steroid dienone is 9. The molecule has 0 fully saturated rings. The fourth-order valence-corrected chi connectivity index (χ4v) is 3.36. The first-order chi connectivity index (χ1) is 11.2. The first-order valence-corrected chi connectivity index (χ1v) is 8.88. The number of hydrogen-bond acceptors (Lipinski definition) is 1. The molecule has 0 N–H and O–H groups in total. The van der Waals surface area contributed by atoms with Gasteiger partial charge in [-0.1, -0.05) is 55.1 Å². The second-order valence-corrected chi connectivity index (χ2v) is 6.60. The molecule has 23 heavy (non-hydrogen) atoms. The summed E-state index contributed by atoms with van der Waals surface area (Å²) in [6.07, 6.45) is 14.9. The van der Waals surface area contributed by atoms with E-state index in [4.69, 9.17) is 0 Å². The van der Waals surface area contributed by atoms with Crippen LogP contribution < -0.4 is 0 Å². The van der Waals surface area contributed by atoms with Gasteiger partial charge in [0, 0.05) is 10.7 Å². The van der Waals surface area contributed by atoms with Crippen molar-refractivity contribution < 1.29 is 0 Å². The summed E-state index contributed by atoms with van der Waals surface area (Å²) in [4.78, 5) is 1.31. The Morgan fingerprint density at radius 2 is 2.00 bits per heavy atom. The van der Waals surface area contributed by atoms with Crippen LogP contribution in [0.5, 0.6) is 0 Å². The molecule has 1 aliphatic rings. The Morgan fingerprint density at radius 1 is 1.22 bits per heavy atom. The molecule has 0 saturated heterocycles. The van der Waals surface area contributed by atoms with Crippen LogP contribution in [0.25, 0.3) is 5.57 Å². The van der Waals surface area contributed by atoms with E-state index in [1.54, 1.807) is 0 Å². The van der Waals surface area contributed by atoms with E-state index < -0.39 is 0 Å². The van der Waals surface area contributed by atoms with Gasteiger partial charge in [0.15, 0.2) is 0 Å². The molecule has 0 nitrogen and oxygen atoms in total. The summed E-state index contributed by atoms with van der Waals surface area (Å²) < 4.78 is 0. The Balaban J connectivity index is 2.37. The zero-order chi connectivity index (χ0) is 16.7. The predicted octanol–water partition coefficient (Wildman–Crippen LogP) is 6.64. The van der Waals surface area contributed by atoms with Gasteiger partial charge < -0.3 is 0 Å². The van der Waals surface area contributed by atoms with Crippen molar-refractivity contribution in [3.63, 3.8) is 0 Å². The van der Waals surface area contributed by atoms with Gasteiger partial charge in [-0.05, 0) is 66.8 Å². The van der Waals surface area contributed by atoms with E-state index in [0.717, 1.165) is 5.75 Å². The highest BCUT2D eigenvalue weighted by Gasteiger charge is 2.11. The van der Waals surface area contributed by atoms with Crippen LogP contribution in [0.2, 0.25) is 0 Å². The summed E-state index contributed by atoms with van der Waals surface area (Å²) in [5, 5.41) is 0. The van der Waals surface area contributed by atoms with E-state index in [0.29, 0.717) is 0 Å². The van der Waals surface area contributed by atoms with Crippen molar-refractivity contribution in [1.82, 2.24) is 0 Å². The molecule has 0 spiro atoms. The van der Waals surface area contributed by atoms with Crippen molar-refractivity contribution in [2.24, 2.45) is 0 Å². The Labute approximate surface area is 144 Å². The van der Waals surface area contributed by atoms with Crippen molar-refractivity contribution in [2.75, 3.05) is 5.75 Å². The minimum absolute atomic E-state index is 1.02. The van der Waals surface area contributed by atoms with Crippen molar-refractivity contribution in [3.05, 3.63) is 101 Å². The molecule has 0 aromatic heterocycles.